The summed E-state index contributed by atoms with van der Waals surface area (Å²) in [7, 11) is -5.74. The fraction of sp³-hybridized carbons (Fsp3) is 0.419. The Morgan fingerprint density at radius 3 is 2.22 bits per heavy atom. The molecule has 45 heavy (non-hydrogen) atoms. The molecular formula is C31H34F2N5O5PS-2. The zero-order valence-corrected chi connectivity index (χ0v) is 27.7. The monoisotopic (exact) mass is 657 g/mol. The van der Waals surface area contributed by atoms with E-state index in [1.165, 1.54) is 34.7 Å². The molecule has 0 radical (unpaired) electrons. The van der Waals surface area contributed by atoms with Gasteiger partial charge in [0.15, 0.2) is 5.79 Å². The number of nitrogens with zero attached hydrogens (tertiary/aromatic N) is 5. The molecule has 0 saturated carbocycles. The van der Waals surface area contributed by atoms with Gasteiger partial charge in [0.2, 0.25) is 0 Å². The molecule has 0 fully saturated rings. The van der Waals surface area contributed by atoms with Gasteiger partial charge in [-0.05, 0) is 18.2 Å². The minimum absolute atomic E-state index is 0.143. The van der Waals surface area contributed by atoms with E-state index in [1.807, 2.05) is 0 Å². The standard InChI is InChI=1S/C31H36F2N5O5PS/c1-20(27-37-26(16-45-27)22-10-8-21(15-34)9-11-22)30(17-38-19-35-18-36-38,24-13-12-23(32)14-25(24)33)42-31(28(2,3)4,29(5,6)7)43-44(39,40)41/h8-14,16,18-20H,17H2,1-7H3,(H2,39,40,41)/p-2/t20?,30-/m1/s1. The molecule has 4 rings (SSSR count). The summed E-state index contributed by atoms with van der Waals surface area (Å²) >= 11 is 1.24. The lowest BCUT2D eigenvalue weighted by atomic mass is 9.69. The molecule has 0 N–H and O–H groups in total. The van der Waals surface area contributed by atoms with Crippen molar-refractivity contribution in [2.45, 2.75) is 72.3 Å². The van der Waals surface area contributed by atoms with Crippen molar-refractivity contribution in [2.75, 3.05) is 0 Å². The van der Waals surface area contributed by atoms with Crippen LogP contribution in [0.25, 0.3) is 11.3 Å². The lowest BCUT2D eigenvalue weighted by Gasteiger charge is -2.59. The predicted molar refractivity (Wildman–Crippen MR) is 160 cm³/mol. The van der Waals surface area contributed by atoms with Gasteiger partial charge in [-0.25, -0.2) is 23.4 Å². The van der Waals surface area contributed by atoms with E-state index in [1.54, 1.807) is 78.1 Å². The molecule has 4 aromatic rings. The van der Waals surface area contributed by atoms with Crippen molar-refractivity contribution in [3.05, 3.63) is 88.3 Å². The highest BCUT2D eigenvalue weighted by atomic mass is 32.1. The highest BCUT2D eigenvalue weighted by molar-refractivity contribution is 7.43. The highest BCUT2D eigenvalue weighted by Gasteiger charge is 2.60. The number of phosphoric acid groups is 1. The van der Waals surface area contributed by atoms with Crippen molar-refractivity contribution < 1.29 is 32.4 Å². The maximum Gasteiger partial charge on any atom is 0.183 e. The van der Waals surface area contributed by atoms with Gasteiger partial charge < -0.3 is 23.6 Å². The maximum absolute atomic E-state index is 16.1. The average Bonchev–Trinajstić information content (AvgIpc) is 3.62. The van der Waals surface area contributed by atoms with Gasteiger partial charge >= 0.3 is 0 Å². The Hall–Kier alpha value is -3.37. The van der Waals surface area contributed by atoms with Crippen molar-refractivity contribution in [2.24, 2.45) is 10.8 Å². The topological polar surface area (TPSA) is 149 Å². The molecule has 0 aliphatic carbocycles. The van der Waals surface area contributed by atoms with Crippen LogP contribution in [0.2, 0.25) is 0 Å². The molecule has 0 bridgehead atoms. The number of benzene rings is 2. The number of ether oxygens (including phenoxy) is 1. The molecule has 0 aliphatic rings. The first kappa shape index (κ1) is 34.5. The van der Waals surface area contributed by atoms with E-state index in [-0.39, 0.29) is 12.1 Å². The van der Waals surface area contributed by atoms with Crippen LogP contribution in [0.3, 0.4) is 0 Å². The van der Waals surface area contributed by atoms with E-state index in [9.17, 15) is 24.0 Å². The van der Waals surface area contributed by atoms with Crippen LogP contribution in [0.15, 0.2) is 60.5 Å². The van der Waals surface area contributed by atoms with E-state index in [2.05, 4.69) is 16.2 Å². The summed E-state index contributed by atoms with van der Waals surface area (Å²) in [5, 5.41) is 15.6. The Morgan fingerprint density at radius 2 is 1.71 bits per heavy atom. The average molecular weight is 658 g/mol. The molecule has 240 valence electrons. The van der Waals surface area contributed by atoms with Crippen molar-refractivity contribution >= 4 is 19.2 Å². The summed E-state index contributed by atoms with van der Waals surface area (Å²) < 4.78 is 56.6. The number of thiazole rings is 1. The van der Waals surface area contributed by atoms with Crippen LogP contribution in [0.4, 0.5) is 8.78 Å². The van der Waals surface area contributed by atoms with Gasteiger partial charge in [0.05, 0.1) is 36.7 Å². The fourth-order valence-corrected chi connectivity index (χ4v) is 7.56. The number of nitriles is 1. The molecule has 2 heterocycles. The molecule has 0 saturated heterocycles. The first-order chi connectivity index (χ1) is 20.8. The van der Waals surface area contributed by atoms with Crippen LogP contribution in [-0.4, -0.2) is 25.5 Å². The number of hydrogen-bond acceptors (Lipinski definition) is 10. The third kappa shape index (κ3) is 7.07. The number of rotatable bonds is 10. The molecule has 2 aromatic carbocycles. The summed E-state index contributed by atoms with van der Waals surface area (Å²) in [5.41, 5.74) is -2.72. The molecule has 14 heteroatoms. The molecule has 2 atom stereocenters. The van der Waals surface area contributed by atoms with Crippen LogP contribution in [0.1, 0.15) is 70.5 Å². The molecule has 10 nitrogen and oxygen atoms in total. The summed E-state index contributed by atoms with van der Waals surface area (Å²) in [6.45, 7) is 11.3. The van der Waals surface area contributed by atoms with Crippen LogP contribution in [-0.2, 0) is 26.0 Å². The third-order valence-electron chi connectivity index (χ3n) is 7.69. The van der Waals surface area contributed by atoms with Gasteiger partial charge in [0.25, 0.3) is 0 Å². The van der Waals surface area contributed by atoms with E-state index in [0.29, 0.717) is 22.3 Å². The Kier molecular flexibility index (Phi) is 9.54. The SMILES string of the molecule is CC(c1nc(-c2ccc(C#N)cc2)cs1)[C@@](Cn1cncn1)(OC(OP(=O)([O-])[O-])(C(C)(C)C)C(C)(C)C)c1ccc(F)cc1F. The van der Waals surface area contributed by atoms with Crippen molar-refractivity contribution in [3.63, 3.8) is 0 Å². The van der Waals surface area contributed by atoms with Gasteiger partial charge in [-0.15, -0.1) is 11.3 Å². The molecule has 1 unspecified atom stereocenters. The van der Waals surface area contributed by atoms with Crippen molar-refractivity contribution in [1.29, 1.82) is 5.26 Å². The molecular weight excluding hydrogens is 623 g/mol. The molecule has 2 aromatic heterocycles. The number of aromatic nitrogens is 4. The van der Waals surface area contributed by atoms with Crippen LogP contribution < -0.4 is 9.79 Å². The minimum atomic E-state index is -5.74. The number of halogens is 2. The Labute approximate surface area is 264 Å². The van der Waals surface area contributed by atoms with E-state index in [0.717, 1.165) is 11.6 Å². The number of hydrogen-bond donors (Lipinski definition) is 0. The van der Waals surface area contributed by atoms with Gasteiger partial charge in [0.1, 0.15) is 29.9 Å². The molecule has 0 aliphatic heterocycles. The van der Waals surface area contributed by atoms with Gasteiger partial charge in [-0.1, -0.05) is 66.7 Å². The van der Waals surface area contributed by atoms with Gasteiger partial charge in [-0.3, -0.25) is 0 Å². The summed E-state index contributed by atoms with van der Waals surface area (Å²) in [6, 6.07) is 11.9. The zero-order chi connectivity index (χ0) is 33.4. The Balaban J connectivity index is 2.04. The van der Waals surface area contributed by atoms with Crippen LogP contribution >= 0.6 is 19.2 Å². The van der Waals surface area contributed by atoms with Crippen molar-refractivity contribution in [1.82, 2.24) is 19.7 Å². The van der Waals surface area contributed by atoms with Gasteiger partial charge in [-0.2, -0.15) is 10.4 Å². The third-order valence-corrected chi connectivity index (χ3v) is 9.20. The fourth-order valence-electron chi connectivity index (χ4n) is 5.69. The smallest absolute Gasteiger partial charge is 0.183 e. The zero-order valence-electron chi connectivity index (χ0n) is 25.9. The highest BCUT2D eigenvalue weighted by Crippen LogP contribution is 2.58. The number of phosphoric ester groups is 1. The lowest BCUT2D eigenvalue weighted by molar-refractivity contribution is -0.409. The van der Waals surface area contributed by atoms with Gasteiger partial charge in [0, 0.05) is 39.3 Å². The normalized spacial score (nSPS) is 15.0. The Morgan fingerprint density at radius 1 is 1.07 bits per heavy atom. The van der Waals surface area contributed by atoms with Crippen molar-refractivity contribution in [3.8, 4) is 17.3 Å². The molecule has 0 amide bonds. The minimum Gasteiger partial charge on any atom is -0.790 e. The second kappa shape index (κ2) is 12.4. The van der Waals surface area contributed by atoms with E-state index < -0.39 is 47.6 Å². The molecule has 0 spiro atoms. The first-order valence-corrected chi connectivity index (χ1v) is 16.3. The van der Waals surface area contributed by atoms with E-state index in [4.69, 9.17) is 14.2 Å². The second-order valence-corrected chi connectivity index (χ2v) is 14.8. The lowest BCUT2D eigenvalue weighted by Crippen LogP contribution is -2.62. The van der Waals surface area contributed by atoms with Crippen LogP contribution in [0, 0.1) is 33.8 Å². The second-order valence-electron chi connectivity index (χ2n) is 12.8. The maximum atomic E-state index is 16.1. The quantitative estimate of drug-likeness (QED) is 0.150. The first-order valence-electron chi connectivity index (χ1n) is 14.0. The summed E-state index contributed by atoms with van der Waals surface area (Å²) in [4.78, 5) is 33.7. The van der Waals surface area contributed by atoms with E-state index >= 15 is 4.39 Å². The summed E-state index contributed by atoms with van der Waals surface area (Å²) in [5.74, 6) is -4.91. The predicted octanol–water partition coefficient (Wildman–Crippen LogP) is 5.90. The largest absolute Gasteiger partial charge is 0.790 e. The summed E-state index contributed by atoms with van der Waals surface area (Å²) in [6.07, 6.45) is 2.64. The Bertz CT molecular complexity index is 1710. The van der Waals surface area contributed by atoms with Crippen LogP contribution in [0.5, 0.6) is 0 Å².